The van der Waals surface area contributed by atoms with E-state index < -0.39 is 6.04 Å². The van der Waals surface area contributed by atoms with Crippen molar-refractivity contribution in [2.24, 2.45) is 0 Å². The zero-order valence-electron chi connectivity index (χ0n) is 19.1. The maximum absolute atomic E-state index is 14.4. The normalized spacial score (nSPS) is 14.8. The van der Waals surface area contributed by atoms with E-state index in [9.17, 15) is 14.0 Å². The number of fused-ring (bicyclic) bond motifs is 1. The number of aryl methyl sites for hydroxylation is 1. The van der Waals surface area contributed by atoms with Crippen molar-refractivity contribution in [3.05, 3.63) is 83.7 Å². The Morgan fingerprint density at radius 2 is 1.64 bits per heavy atom. The van der Waals surface area contributed by atoms with Crippen LogP contribution in [0.5, 0.6) is 0 Å². The third kappa shape index (κ3) is 5.59. The van der Waals surface area contributed by atoms with Crippen LogP contribution in [0.3, 0.4) is 0 Å². The molecule has 172 valence electrons. The molecule has 0 saturated heterocycles. The molecule has 0 aliphatic heterocycles. The van der Waals surface area contributed by atoms with Gasteiger partial charge in [-0.2, -0.15) is 0 Å². The summed E-state index contributed by atoms with van der Waals surface area (Å²) in [6.07, 6.45) is 4.99. The highest BCUT2D eigenvalue weighted by molar-refractivity contribution is 5.89. The zero-order chi connectivity index (χ0) is 23.2. The Bertz CT molecular complexity index is 1120. The van der Waals surface area contributed by atoms with Crippen LogP contribution in [0, 0.1) is 5.82 Å². The van der Waals surface area contributed by atoms with Gasteiger partial charge < -0.3 is 10.2 Å². The van der Waals surface area contributed by atoms with Crippen molar-refractivity contribution in [2.75, 3.05) is 0 Å². The molecule has 0 heterocycles. The molecule has 0 radical (unpaired) electrons. The van der Waals surface area contributed by atoms with Gasteiger partial charge in [-0.1, -0.05) is 73.5 Å². The van der Waals surface area contributed by atoms with Crippen molar-refractivity contribution < 1.29 is 14.0 Å². The van der Waals surface area contributed by atoms with Crippen LogP contribution < -0.4 is 5.32 Å². The quantitative estimate of drug-likeness (QED) is 0.505. The molecule has 0 bridgehead atoms. The van der Waals surface area contributed by atoms with Crippen molar-refractivity contribution in [1.29, 1.82) is 0 Å². The SMILES string of the molecule is C[C@H](C(=O)NC1CCCC1)N(Cc1ccccc1F)C(=O)CCc1cccc2ccccc12. The number of rotatable bonds is 8. The standard InChI is InChI=1S/C28H31FN2O2/c1-20(28(33)30-24-13-4-5-14-24)31(19-23-10-3-7-16-26(23)29)27(32)18-17-22-12-8-11-21-9-2-6-15-25(21)22/h2-3,6-12,15-16,20,24H,4-5,13-14,17-19H2,1H3,(H,30,33)/t20-/m1/s1. The van der Waals surface area contributed by atoms with Crippen molar-refractivity contribution in [3.63, 3.8) is 0 Å². The fourth-order valence-electron chi connectivity index (χ4n) is 4.68. The second-order valence-electron chi connectivity index (χ2n) is 8.92. The molecule has 1 atom stereocenters. The van der Waals surface area contributed by atoms with E-state index in [1.54, 1.807) is 25.1 Å². The van der Waals surface area contributed by atoms with Crippen LogP contribution in [0.25, 0.3) is 10.8 Å². The summed E-state index contributed by atoms with van der Waals surface area (Å²) in [5.74, 6) is -0.690. The van der Waals surface area contributed by atoms with Crippen LogP contribution in [-0.2, 0) is 22.6 Å². The number of benzene rings is 3. The molecule has 33 heavy (non-hydrogen) atoms. The molecule has 0 spiro atoms. The van der Waals surface area contributed by atoms with Gasteiger partial charge >= 0.3 is 0 Å². The minimum absolute atomic E-state index is 0.0697. The Hall–Kier alpha value is -3.21. The summed E-state index contributed by atoms with van der Waals surface area (Å²) < 4.78 is 14.4. The summed E-state index contributed by atoms with van der Waals surface area (Å²) in [7, 11) is 0. The molecule has 1 fully saturated rings. The minimum Gasteiger partial charge on any atom is -0.352 e. The van der Waals surface area contributed by atoms with E-state index >= 15 is 0 Å². The molecule has 1 N–H and O–H groups in total. The lowest BCUT2D eigenvalue weighted by Crippen LogP contribution is -2.49. The molecule has 0 unspecified atom stereocenters. The third-order valence-corrected chi connectivity index (χ3v) is 6.66. The predicted octanol–water partition coefficient (Wildman–Crippen LogP) is 5.39. The molecule has 1 saturated carbocycles. The van der Waals surface area contributed by atoms with E-state index in [0.717, 1.165) is 42.0 Å². The van der Waals surface area contributed by atoms with Crippen LogP contribution in [0.2, 0.25) is 0 Å². The Kier molecular flexibility index (Phi) is 7.38. The van der Waals surface area contributed by atoms with Gasteiger partial charge in [-0.05, 0) is 48.6 Å². The molecule has 4 nitrogen and oxygen atoms in total. The fourth-order valence-corrected chi connectivity index (χ4v) is 4.68. The number of carbonyl (C=O) groups is 2. The van der Waals surface area contributed by atoms with E-state index in [-0.39, 0.29) is 36.6 Å². The first-order chi connectivity index (χ1) is 16.0. The Morgan fingerprint density at radius 3 is 2.42 bits per heavy atom. The van der Waals surface area contributed by atoms with Gasteiger partial charge in [-0.15, -0.1) is 0 Å². The number of nitrogens with one attached hydrogen (secondary N) is 1. The number of hydrogen-bond acceptors (Lipinski definition) is 2. The molecule has 1 aliphatic carbocycles. The van der Waals surface area contributed by atoms with Crippen LogP contribution in [0.1, 0.15) is 50.2 Å². The van der Waals surface area contributed by atoms with Gasteiger partial charge in [0.15, 0.2) is 0 Å². The maximum Gasteiger partial charge on any atom is 0.242 e. The van der Waals surface area contributed by atoms with E-state index in [2.05, 4.69) is 23.5 Å². The molecule has 0 aromatic heterocycles. The lowest BCUT2D eigenvalue weighted by molar-refractivity contribution is -0.140. The van der Waals surface area contributed by atoms with Crippen LogP contribution in [0.4, 0.5) is 4.39 Å². The van der Waals surface area contributed by atoms with Crippen molar-refractivity contribution in [1.82, 2.24) is 10.2 Å². The highest BCUT2D eigenvalue weighted by Crippen LogP contribution is 2.22. The monoisotopic (exact) mass is 446 g/mol. The van der Waals surface area contributed by atoms with Crippen LogP contribution in [0.15, 0.2) is 66.7 Å². The first kappa shape index (κ1) is 23.0. The van der Waals surface area contributed by atoms with Crippen molar-refractivity contribution in [2.45, 2.75) is 64.1 Å². The average molecular weight is 447 g/mol. The summed E-state index contributed by atoms with van der Waals surface area (Å²) in [6, 6.07) is 20.1. The van der Waals surface area contributed by atoms with Gasteiger partial charge in [0.1, 0.15) is 11.9 Å². The number of halogens is 1. The van der Waals surface area contributed by atoms with E-state index in [1.807, 2.05) is 24.3 Å². The molecule has 3 aromatic carbocycles. The largest absolute Gasteiger partial charge is 0.352 e. The van der Waals surface area contributed by atoms with Gasteiger partial charge in [0.25, 0.3) is 0 Å². The Morgan fingerprint density at radius 1 is 0.970 bits per heavy atom. The first-order valence-electron chi connectivity index (χ1n) is 11.8. The maximum atomic E-state index is 14.4. The minimum atomic E-state index is -0.676. The summed E-state index contributed by atoms with van der Waals surface area (Å²) in [6.45, 7) is 1.81. The summed E-state index contributed by atoms with van der Waals surface area (Å²) in [4.78, 5) is 27.9. The van der Waals surface area contributed by atoms with E-state index in [4.69, 9.17) is 0 Å². The highest BCUT2D eigenvalue weighted by atomic mass is 19.1. The zero-order valence-corrected chi connectivity index (χ0v) is 19.1. The molecule has 1 aliphatic rings. The summed E-state index contributed by atoms with van der Waals surface area (Å²) >= 11 is 0. The molecular weight excluding hydrogens is 415 g/mol. The molecule has 3 aromatic rings. The second kappa shape index (κ2) is 10.6. The third-order valence-electron chi connectivity index (χ3n) is 6.66. The number of nitrogens with zero attached hydrogens (tertiary/aromatic N) is 1. The highest BCUT2D eigenvalue weighted by Gasteiger charge is 2.28. The van der Waals surface area contributed by atoms with Crippen molar-refractivity contribution >= 4 is 22.6 Å². The lowest BCUT2D eigenvalue weighted by Gasteiger charge is -2.30. The number of amides is 2. The first-order valence-corrected chi connectivity index (χ1v) is 11.8. The second-order valence-corrected chi connectivity index (χ2v) is 8.92. The predicted molar refractivity (Wildman–Crippen MR) is 129 cm³/mol. The van der Waals surface area contributed by atoms with E-state index in [1.165, 1.54) is 11.0 Å². The molecule has 4 rings (SSSR count). The molecular formula is C28H31FN2O2. The lowest BCUT2D eigenvalue weighted by atomic mass is 10.0. The van der Waals surface area contributed by atoms with Gasteiger partial charge in [0, 0.05) is 24.6 Å². The molecule has 5 heteroatoms. The van der Waals surface area contributed by atoms with Gasteiger partial charge in [0.05, 0.1) is 0 Å². The summed E-state index contributed by atoms with van der Waals surface area (Å²) in [5, 5.41) is 5.35. The number of carbonyl (C=O) groups excluding carboxylic acids is 2. The van der Waals surface area contributed by atoms with Gasteiger partial charge in [-0.3, -0.25) is 9.59 Å². The summed E-state index contributed by atoms with van der Waals surface area (Å²) in [5.41, 5.74) is 1.51. The van der Waals surface area contributed by atoms with Gasteiger partial charge in [0.2, 0.25) is 11.8 Å². The number of hydrogen-bond donors (Lipinski definition) is 1. The van der Waals surface area contributed by atoms with Crippen LogP contribution >= 0.6 is 0 Å². The topological polar surface area (TPSA) is 49.4 Å². The average Bonchev–Trinajstić information content (AvgIpc) is 3.34. The Balaban J connectivity index is 1.51. The Labute approximate surface area is 194 Å². The van der Waals surface area contributed by atoms with E-state index in [0.29, 0.717) is 12.0 Å². The van der Waals surface area contributed by atoms with Crippen LogP contribution in [-0.4, -0.2) is 28.8 Å². The molecule has 2 amide bonds. The smallest absolute Gasteiger partial charge is 0.242 e. The van der Waals surface area contributed by atoms with Gasteiger partial charge in [-0.25, -0.2) is 4.39 Å². The van der Waals surface area contributed by atoms with Crippen molar-refractivity contribution in [3.8, 4) is 0 Å². The fraction of sp³-hybridized carbons (Fsp3) is 0.357.